The summed E-state index contributed by atoms with van der Waals surface area (Å²) in [6, 6.07) is 5.00. The van der Waals surface area contributed by atoms with E-state index in [2.05, 4.69) is 5.92 Å². The third kappa shape index (κ3) is 3.57. The molecule has 0 aliphatic carbocycles. The van der Waals surface area contributed by atoms with Crippen LogP contribution in [0.25, 0.3) is 0 Å². The molecule has 104 valence electrons. The van der Waals surface area contributed by atoms with E-state index < -0.39 is 10.0 Å². The molecule has 0 unspecified atom stereocenters. The van der Waals surface area contributed by atoms with Gasteiger partial charge in [0.1, 0.15) is 0 Å². The maximum atomic E-state index is 12.5. The van der Waals surface area contributed by atoms with Gasteiger partial charge in [-0.2, -0.15) is 4.31 Å². The Bertz CT molecular complexity index is 574. The molecule has 19 heavy (non-hydrogen) atoms. The summed E-state index contributed by atoms with van der Waals surface area (Å²) in [5.74, 6) is 2.39. The van der Waals surface area contributed by atoms with Crippen molar-refractivity contribution in [3.8, 4) is 12.3 Å². The zero-order valence-electron chi connectivity index (χ0n) is 11.4. The number of hydrogen-bond donors (Lipinski definition) is 1. The van der Waals surface area contributed by atoms with Crippen LogP contribution in [0.4, 0.5) is 0 Å². The number of terminal acetylenes is 1. The average molecular weight is 280 g/mol. The lowest BCUT2D eigenvalue weighted by molar-refractivity contribution is 0.445. The first-order chi connectivity index (χ1) is 8.97. The van der Waals surface area contributed by atoms with Gasteiger partial charge in [0, 0.05) is 13.1 Å². The maximum Gasteiger partial charge on any atom is 0.243 e. The number of sulfonamides is 1. The van der Waals surface area contributed by atoms with Crippen molar-refractivity contribution in [2.75, 3.05) is 13.1 Å². The molecule has 1 rings (SSSR count). The van der Waals surface area contributed by atoms with Crippen LogP contribution >= 0.6 is 0 Å². The van der Waals surface area contributed by atoms with E-state index in [1.807, 2.05) is 13.8 Å². The van der Waals surface area contributed by atoms with E-state index in [0.29, 0.717) is 13.1 Å². The van der Waals surface area contributed by atoms with Crippen LogP contribution in [0, 0.1) is 19.3 Å². The molecule has 0 amide bonds. The quantitative estimate of drug-likeness (QED) is 0.803. The highest BCUT2D eigenvalue weighted by Gasteiger charge is 2.23. The van der Waals surface area contributed by atoms with Gasteiger partial charge in [-0.15, -0.1) is 6.42 Å². The highest BCUT2D eigenvalue weighted by atomic mass is 32.2. The van der Waals surface area contributed by atoms with E-state index in [4.69, 9.17) is 12.2 Å². The first-order valence-corrected chi connectivity index (χ1v) is 7.64. The molecule has 0 aliphatic heterocycles. The number of nitrogens with zero attached hydrogens (tertiary/aromatic N) is 1. The number of hydrogen-bond acceptors (Lipinski definition) is 3. The van der Waals surface area contributed by atoms with Crippen molar-refractivity contribution in [2.45, 2.75) is 31.7 Å². The summed E-state index contributed by atoms with van der Waals surface area (Å²) in [5.41, 5.74) is 7.43. The molecule has 5 heteroatoms. The van der Waals surface area contributed by atoms with Gasteiger partial charge in [0.05, 0.1) is 11.4 Å². The van der Waals surface area contributed by atoms with Gasteiger partial charge in [0.2, 0.25) is 10.0 Å². The number of aryl methyl sites for hydroxylation is 1. The van der Waals surface area contributed by atoms with Gasteiger partial charge in [-0.1, -0.05) is 18.9 Å². The number of nitrogens with two attached hydrogens (primary N) is 1. The zero-order chi connectivity index (χ0) is 14.5. The Morgan fingerprint density at radius 2 is 2.11 bits per heavy atom. The van der Waals surface area contributed by atoms with Gasteiger partial charge in [0.25, 0.3) is 0 Å². The van der Waals surface area contributed by atoms with E-state index in [1.54, 1.807) is 18.2 Å². The summed E-state index contributed by atoms with van der Waals surface area (Å²) in [6.07, 6.45) is 5.96. The lowest BCUT2D eigenvalue weighted by Gasteiger charge is -2.19. The van der Waals surface area contributed by atoms with Crippen LogP contribution in [0.15, 0.2) is 23.1 Å². The predicted octanol–water partition coefficient (Wildman–Crippen LogP) is 1.49. The Labute approximate surface area is 115 Å². The highest BCUT2D eigenvalue weighted by molar-refractivity contribution is 7.89. The molecule has 0 fully saturated rings. The van der Waals surface area contributed by atoms with E-state index in [-0.39, 0.29) is 11.4 Å². The largest absolute Gasteiger partial charge is 0.326 e. The van der Waals surface area contributed by atoms with Crippen LogP contribution in [-0.4, -0.2) is 25.8 Å². The minimum absolute atomic E-state index is 0.0853. The van der Waals surface area contributed by atoms with E-state index in [9.17, 15) is 8.42 Å². The first-order valence-electron chi connectivity index (χ1n) is 6.20. The van der Waals surface area contributed by atoms with Crippen molar-refractivity contribution in [1.82, 2.24) is 4.31 Å². The molecule has 1 aromatic rings. The van der Waals surface area contributed by atoms with Crippen LogP contribution in [0.2, 0.25) is 0 Å². The Morgan fingerprint density at radius 3 is 2.63 bits per heavy atom. The molecular weight excluding hydrogens is 260 g/mol. The van der Waals surface area contributed by atoms with Gasteiger partial charge in [0.15, 0.2) is 0 Å². The second-order valence-corrected chi connectivity index (χ2v) is 6.27. The van der Waals surface area contributed by atoms with Crippen molar-refractivity contribution in [3.63, 3.8) is 0 Å². The molecule has 2 N–H and O–H groups in total. The summed E-state index contributed by atoms with van der Waals surface area (Å²) in [4.78, 5) is 0.252. The average Bonchev–Trinajstić information content (AvgIpc) is 2.38. The molecule has 0 bridgehead atoms. The Hall–Kier alpha value is -1.35. The minimum Gasteiger partial charge on any atom is -0.326 e. The standard InChI is InChI=1S/C14H20N2O2S/c1-4-8-16(9-5-2)19(17,18)14-7-6-12(3)13(10-14)11-15/h1,6-7,10H,5,8-9,11,15H2,2-3H3. The summed E-state index contributed by atoms with van der Waals surface area (Å²) < 4.78 is 26.3. The SMILES string of the molecule is C#CCN(CCC)S(=O)(=O)c1ccc(C)c(CN)c1. The molecule has 0 heterocycles. The van der Waals surface area contributed by atoms with Crippen LogP contribution in [0.3, 0.4) is 0 Å². The highest BCUT2D eigenvalue weighted by Crippen LogP contribution is 2.19. The normalized spacial score (nSPS) is 11.5. The smallest absolute Gasteiger partial charge is 0.243 e. The fourth-order valence-electron chi connectivity index (χ4n) is 1.81. The summed E-state index contributed by atoms with van der Waals surface area (Å²) in [6.45, 7) is 4.64. The molecule has 0 saturated heterocycles. The predicted molar refractivity (Wildman–Crippen MR) is 77.0 cm³/mol. The van der Waals surface area contributed by atoms with Crippen LogP contribution in [0.1, 0.15) is 24.5 Å². The second kappa shape index (κ2) is 6.71. The van der Waals surface area contributed by atoms with Crippen LogP contribution < -0.4 is 5.73 Å². The van der Waals surface area contributed by atoms with Gasteiger partial charge >= 0.3 is 0 Å². The lowest BCUT2D eigenvalue weighted by atomic mass is 10.1. The monoisotopic (exact) mass is 280 g/mol. The third-order valence-electron chi connectivity index (χ3n) is 2.92. The first kappa shape index (κ1) is 15.7. The molecule has 0 saturated carbocycles. The summed E-state index contributed by atoms with van der Waals surface area (Å²) >= 11 is 0. The second-order valence-electron chi connectivity index (χ2n) is 4.34. The molecule has 0 radical (unpaired) electrons. The fraction of sp³-hybridized carbons (Fsp3) is 0.429. The Morgan fingerprint density at radius 1 is 1.42 bits per heavy atom. The Balaban J connectivity index is 3.21. The maximum absolute atomic E-state index is 12.5. The van der Waals surface area contributed by atoms with Crippen LogP contribution in [-0.2, 0) is 16.6 Å². The number of rotatable bonds is 6. The van der Waals surface area contributed by atoms with E-state index in [0.717, 1.165) is 17.5 Å². The lowest BCUT2D eigenvalue weighted by Crippen LogP contribution is -2.32. The van der Waals surface area contributed by atoms with Crippen molar-refractivity contribution in [1.29, 1.82) is 0 Å². The van der Waals surface area contributed by atoms with E-state index >= 15 is 0 Å². The van der Waals surface area contributed by atoms with Gasteiger partial charge in [-0.25, -0.2) is 8.42 Å². The van der Waals surface area contributed by atoms with Crippen molar-refractivity contribution >= 4 is 10.0 Å². The minimum atomic E-state index is -3.54. The fourth-order valence-corrected chi connectivity index (χ4v) is 3.31. The van der Waals surface area contributed by atoms with Crippen molar-refractivity contribution < 1.29 is 8.42 Å². The molecule has 0 spiro atoms. The van der Waals surface area contributed by atoms with Gasteiger partial charge in [-0.3, -0.25) is 0 Å². The van der Waals surface area contributed by atoms with Crippen molar-refractivity contribution in [3.05, 3.63) is 29.3 Å². The molecule has 0 aliphatic rings. The Kier molecular flexibility index (Phi) is 5.55. The number of benzene rings is 1. The van der Waals surface area contributed by atoms with Gasteiger partial charge < -0.3 is 5.73 Å². The molecule has 0 atom stereocenters. The van der Waals surface area contributed by atoms with Gasteiger partial charge in [-0.05, 0) is 36.6 Å². The zero-order valence-corrected chi connectivity index (χ0v) is 12.2. The molecule has 0 aromatic heterocycles. The topological polar surface area (TPSA) is 63.4 Å². The van der Waals surface area contributed by atoms with E-state index in [1.165, 1.54) is 4.31 Å². The third-order valence-corrected chi connectivity index (χ3v) is 4.76. The molecule has 1 aromatic carbocycles. The van der Waals surface area contributed by atoms with Crippen molar-refractivity contribution in [2.24, 2.45) is 5.73 Å². The van der Waals surface area contributed by atoms with Crippen LogP contribution in [0.5, 0.6) is 0 Å². The summed E-state index contributed by atoms with van der Waals surface area (Å²) in [5, 5.41) is 0. The summed E-state index contributed by atoms with van der Waals surface area (Å²) in [7, 11) is -3.54. The molecule has 4 nitrogen and oxygen atoms in total. The molecular formula is C14H20N2O2S.